The maximum atomic E-state index is 5.36. The second kappa shape index (κ2) is 6.71. The minimum Gasteiger partial charge on any atom is -0.369 e. The van der Waals surface area contributed by atoms with Gasteiger partial charge in [0.2, 0.25) is 5.89 Å². The van der Waals surface area contributed by atoms with Crippen LogP contribution >= 0.6 is 0 Å². The highest BCUT2D eigenvalue weighted by Gasteiger charge is 2.21. The van der Waals surface area contributed by atoms with Gasteiger partial charge in [-0.15, -0.1) is 0 Å². The lowest BCUT2D eigenvalue weighted by Crippen LogP contribution is -2.46. The number of aryl methyl sites for hydroxylation is 1. The van der Waals surface area contributed by atoms with Crippen molar-refractivity contribution >= 4 is 5.69 Å². The third-order valence-electron chi connectivity index (χ3n) is 4.65. The third-order valence-corrected chi connectivity index (χ3v) is 4.65. The molecule has 0 aliphatic carbocycles. The van der Waals surface area contributed by atoms with Gasteiger partial charge in [0.05, 0.1) is 6.54 Å². The van der Waals surface area contributed by atoms with Crippen LogP contribution in [0.25, 0.3) is 0 Å². The molecule has 23 heavy (non-hydrogen) atoms. The van der Waals surface area contributed by atoms with Crippen LogP contribution in [-0.4, -0.2) is 41.2 Å². The molecule has 5 nitrogen and oxygen atoms in total. The molecule has 1 aliphatic rings. The van der Waals surface area contributed by atoms with E-state index in [-0.39, 0.29) is 0 Å². The zero-order valence-corrected chi connectivity index (χ0v) is 14.5. The zero-order valence-electron chi connectivity index (χ0n) is 14.5. The smallest absolute Gasteiger partial charge is 0.240 e. The first-order valence-corrected chi connectivity index (χ1v) is 8.40. The molecule has 0 atom stereocenters. The van der Waals surface area contributed by atoms with Crippen molar-refractivity contribution < 1.29 is 4.52 Å². The average Bonchev–Trinajstić information content (AvgIpc) is 3.00. The molecular weight excluding hydrogens is 288 g/mol. The number of hydrogen-bond donors (Lipinski definition) is 0. The van der Waals surface area contributed by atoms with Crippen LogP contribution in [0.1, 0.15) is 42.6 Å². The Bertz CT molecular complexity index is 657. The first kappa shape index (κ1) is 16.0. The number of hydrogen-bond acceptors (Lipinski definition) is 5. The molecule has 1 aromatic heterocycles. The van der Waals surface area contributed by atoms with Crippen LogP contribution in [0.15, 0.2) is 22.7 Å². The van der Waals surface area contributed by atoms with Crippen LogP contribution in [0.3, 0.4) is 0 Å². The summed E-state index contributed by atoms with van der Waals surface area (Å²) in [5, 5.41) is 4.04. The molecule has 0 N–H and O–H groups in total. The van der Waals surface area contributed by atoms with Gasteiger partial charge in [-0.2, -0.15) is 4.98 Å². The Hall–Kier alpha value is -1.88. The van der Waals surface area contributed by atoms with Crippen molar-refractivity contribution in [2.75, 3.05) is 31.1 Å². The molecule has 1 aromatic carbocycles. The highest BCUT2D eigenvalue weighted by Crippen LogP contribution is 2.24. The van der Waals surface area contributed by atoms with Gasteiger partial charge in [0.25, 0.3) is 0 Å². The summed E-state index contributed by atoms with van der Waals surface area (Å²) < 4.78 is 5.36. The van der Waals surface area contributed by atoms with E-state index in [0.717, 1.165) is 44.4 Å². The van der Waals surface area contributed by atoms with Crippen LogP contribution in [0.5, 0.6) is 0 Å². The van der Waals surface area contributed by atoms with Crippen molar-refractivity contribution in [2.24, 2.45) is 0 Å². The van der Waals surface area contributed by atoms with Gasteiger partial charge < -0.3 is 9.42 Å². The molecule has 2 heterocycles. The molecule has 0 bridgehead atoms. The standard InChI is InChI=1S/C18H26N4O/c1-13(2)18-19-17(23-20-18)12-21-8-10-22(11-9-21)16-7-5-6-14(3)15(16)4/h5-7,13H,8-12H2,1-4H3. The summed E-state index contributed by atoms with van der Waals surface area (Å²) in [6.07, 6.45) is 0. The van der Waals surface area contributed by atoms with Crippen molar-refractivity contribution in [2.45, 2.75) is 40.2 Å². The Labute approximate surface area is 138 Å². The first-order chi connectivity index (χ1) is 11.0. The van der Waals surface area contributed by atoms with E-state index >= 15 is 0 Å². The van der Waals surface area contributed by atoms with Crippen molar-refractivity contribution in [1.29, 1.82) is 0 Å². The molecule has 0 spiro atoms. The molecule has 5 heteroatoms. The minimum atomic E-state index is 0.314. The summed E-state index contributed by atoms with van der Waals surface area (Å²) in [4.78, 5) is 9.34. The molecular formula is C18H26N4O. The SMILES string of the molecule is Cc1cccc(N2CCN(Cc3nc(C(C)C)no3)CC2)c1C. The third kappa shape index (κ3) is 3.55. The lowest BCUT2D eigenvalue weighted by Gasteiger charge is -2.36. The lowest BCUT2D eigenvalue weighted by molar-refractivity contribution is 0.215. The van der Waals surface area contributed by atoms with Crippen LogP contribution in [0.2, 0.25) is 0 Å². The van der Waals surface area contributed by atoms with E-state index in [0.29, 0.717) is 5.92 Å². The fraction of sp³-hybridized carbons (Fsp3) is 0.556. The molecule has 0 saturated carbocycles. The molecule has 3 rings (SSSR count). The Balaban J connectivity index is 1.58. The van der Waals surface area contributed by atoms with Gasteiger partial charge in [-0.05, 0) is 31.0 Å². The van der Waals surface area contributed by atoms with Crippen molar-refractivity contribution in [3.8, 4) is 0 Å². The van der Waals surface area contributed by atoms with Crippen LogP contribution in [0, 0.1) is 13.8 Å². The summed E-state index contributed by atoms with van der Waals surface area (Å²) >= 11 is 0. The van der Waals surface area contributed by atoms with Gasteiger partial charge in [-0.3, -0.25) is 4.90 Å². The lowest BCUT2D eigenvalue weighted by atomic mass is 10.1. The Kier molecular flexibility index (Phi) is 4.66. The second-order valence-corrected chi connectivity index (χ2v) is 6.68. The topological polar surface area (TPSA) is 45.4 Å². The zero-order chi connectivity index (χ0) is 16.4. The van der Waals surface area contributed by atoms with Crippen LogP contribution < -0.4 is 4.90 Å². The summed E-state index contributed by atoms with van der Waals surface area (Å²) in [6.45, 7) is 13.4. The number of rotatable bonds is 4. The normalized spacial score (nSPS) is 16.3. The van der Waals surface area contributed by atoms with E-state index in [1.807, 2.05) is 0 Å². The number of piperazine rings is 1. The number of benzene rings is 1. The number of nitrogens with zero attached hydrogens (tertiary/aromatic N) is 4. The van der Waals surface area contributed by atoms with Gasteiger partial charge in [-0.1, -0.05) is 31.1 Å². The average molecular weight is 314 g/mol. The van der Waals surface area contributed by atoms with Crippen molar-refractivity contribution in [3.05, 3.63) is 41.0 Å². The molecule has 0 unspecified atom stereocenters. The highest BCUT2D eigenvalue weighted by atomic mass is 16.5. The fourth-order valence-electron chi connectivity index (χ4n) is 2.98. The van der Waals surface area contributed by atoms with E-state index in [4.69, 9.17) is 4.52 Å². The Morgan fingerprint density at radius 3 is 2.52 bits per heavy atom. The van der Waals surface area contributed by atoms with E-state index in [2.05, 4.69) is 65.8 Å². The fourth-order valence-corrected chi connectivity index (χ4v) is 2.98. The Morgan fingerprint density at radius 1 is 1.13 bits per heavy atom. The summed E-state index contributed by atoms with van der Waals surface area (Å²) in [5.41, 5.74) is 4.11. The molecule has 1 saturated heterocycles. The predicted molar refractivity (Wildman–Crippen MR) is 91.8 cm³/mol. The van der Waals surface area contributed by atoms with E-state index < -0.39 is 0 Å². The highest BCUT2D eigenvalue weighted by molar-refractivity contribution is 5.56. The minimum absolute atomic E-state index is 0.314. The maximum Gasteiger partial charge on any atom is 0.240 e. The van der Waals surface area contributed by atoms with Gasteiger partial charge in [0, 0.05) is 37.8 Å². The van der Waals surface area contributed by atoms with Crippen molar-refractivity contribution in [1.82, 2.24) is 15.0 Å². The molecule has 0 radical (unpaired) electrons. The van der Waals surface area contributed by atoms with Crippen LogP contribution in [0.4, 0.5) is 5.69 Å². The van der Waals surface area contributed by atoms with Gasteiger partial charge in [-0.25, -0.2) is 0 Å². The Morgan fingerprint density at radius 2 is 1.87 bits per heavy atom. The predicted octanol–water partition coefficient (Wildman–Crippen LogP) is 3.13. The van der Waals surface area contributed by atoms with Gasteiger partial charge in [0.1, 0.15) is 0 Å². The maximum absolute atomic E-state index is 5.36. The van der Waals surface area contributed by atoms with E-state index in [1.54, 1.807) is 0 Å². The summed E-state index contributed by atoms with van der Waals surface area (Å²) in [6, 6.07) is 6.55. The van der Waals surface area contributed by atoms with Gasteiger partial charge >= 0.3 is 0 Å². The van der Waals surface area contributed by atoms with E-state index in [9.17, 15) is 0 Å². The van der Waals surface area contributed by atoms with Crippen molar-refractivity contribution in [3.63, 3.8) is 0 Å². The quantitative estimate of drug-likeness (QED) is 0.867. The summed E-state index contributed by atoms with van der Waals surface area (Å²) in [7, 11) is 0. The molecule has 1 fully saturated rings. The van der Waals surface area contributed by atoms with E-state index in [1.165, 1.54) is 16.8 Å². The monoisotopic (exact) mass is 314 g/mol. The van der Waals surface area contributed by atoms with Crippen LogP contribution in [-0.2, 0) is 6.54 Å². The first-order valence-electron chi connectivity index (χ1n) is 8.40. The number of aromatic nitrogens is 2. The largest absolute Gasteiger partial charge is 0.369 e. The molecule has 0 amide bonds. The molecule has 124 valence electrons. The molecule has 1 aliphatic heterocycles. The van der Waals surface area contributed by atoms with Gasteiger partial charge in [0.15, 0.2) is 5.82 Å². The number of anilines is 1. The second-order valence-electron chi connectivity index (χ2n) is 6.68. The molecule has 2 aromatic rings. The summed E-state index contributed by atoms with van der Waals surface area (Å²) in [5.74, 6) is 1.84.